The molecule has 0 atom stereocenters. The lowest BCUT2D eigenvalue weighted by molar-refractivity contribution is 1.42. The van der Waals surface area contributed by atoms with Gasteiger partial charge in [-0.2, -0.15) is 5.26 Å². The zero-order valence-electron chi connectivity index (χ0n) is 5.68. The highest BCUT2D eigenvalue weighted by Crippen LogP contribution is 2.10. The fourth-order valence-corrected chi connectivity index (χ4v) is 0.687. The third kappa shape index (κ3) is 1.08. The van der Waals surface area contributed by atoms with Gasteiger partial charge in [0.05, 0.1) is 11.6 Å². The quantitative estimate of drug-likeness (QED) is 0.538. The third-order valence-corrected chi connectivity index (χ3v) is 1.31. The summed E-state index contributed by atoms with van der Waals surface area (Å²) in [5.41, 5.74) is 7.59. The van der Waals surface area contributed by atoms with Crippen molar-refractivity contribution in [1.29, 1.82) is 5.26 Å². The molecule has 0 saturated carbocycles. The van der Waals surface area contributed by atoms with E-state index >= 15 is 0 Å². The molecule has 1 aromatic carbocycles. The van der Waals surface area contributed by atoms with E-state index in [1.807, 2.05) is 13.0 Å². The van der Waals surface area contributed by atoms with E-state index in [-0.39, 0.29) is 0 Å². The summed E-state index contributed by atoms with van der Waals surface area (Å²) >= 11 is 0. The van der Waals surface area contributed by atoms with Gasteiger partial charge in [0, 0.05) is 11.8 Å². The molecule has 0 bridgehead atoms. The Labute approximate surface area is 59.9 Å². The first kappa shape index (κ1) is 6.63. The molecule has 1 radical (unpaired) electrons. The van der Waals surface area contributed by atoms with Crippen LogP contribution in [0.1, 0.15) is 11.1 Å². The summed E-state index contributed by atoms with van der Waals surface area (Å²) in [4.78, 5) is 0. The first-order valence-electron chi connectivity index (χ1n) is 2.92. The minimum absolute atomic E-state index is 0.603. The number of aryl methyl sites for hydroxylation is 1. The predicted molar refractivity (Wildman–Crippen MR) is 39.1 cm³/mol. The van der Waals surface area contributed by atoms with Gasteiger partial charge in [0.1, 0.15) is 0 Å². The molecule has 0 unspecified atom stereocenters. The normalized spacial score (nSPS) is 8.80. The van der Waals surface area contributed by atoms with Crippen LogP contribution in [0, 0.1) is 24.3 Å². The Morgan fingerprint density at radius 1 is 1.70 bits per heavy atom. The predicted octanol–water partition coefficient (Wildman–Crippen LogP) is 1.25. The molecule has 0 amide bonds. The summed E-state index contributed by atoms with van der Waals surface area (Å²) in [6.45, 7) is 1.85. The maximum atomic E-state index is 8.44. The zero-order chi connectivity index (χ0) is 7.56. The van der Waals surface area contributed by atoms with Gasteiger partial charge in [-0.3, -0.25) is 0 Å². The van der Waals surface area contributed by atoms with E-state index in [0.29, 0.717) is 11.3 Å². The van der Waals surface area contributed by atoms with E-state index < -0.39 is 0 Å². The molecule has 2 heteroatoms. The van der Waals surface area contributed by atoms with Gasteiger partial charge in [-0.05, 0) is 24.6 Å². The van der Waals surface area contributed by atoms with Crippen LogP contribution in [0.25, 0.3) is 0 Å². The SMILES string of the molecule is Cc1cc(C#N)c[c]c1N. The fourth-order valence-electron chi connectivity index (χ4n) is 0.687. The average Bonchev–Trinajstić information content (AvgIpc) is 1.95. The van der Waals surface area contributed by atoms with E-state index in [2.05, 4.69) is 6.07 Å². The smallest absolute Gasteiger partial charge is 0.0991 e. The molecule has 0 aromatic heterocycles. The maximum Gasteiger partial charge on any atom is 0.0991 e. The second-order valence-electron chi connectivity index (χ2n) is 2.10. The Morgan fingerprint density at radius 2 is 2.40 bits per heavy atom. The topological polar surface area (TPSA) is 49.8 Å². The summed E-state index contributed by atoms with van der Waals surface area (Å²) in [6.07, 6.45) is 0. The van der Waals surface area contributed by atoms with Crippen molar-refractivity contribution in [2.75, 3.05) is 5.73 Å². The standard InChI is InChI=1S/C8H7N2/c1-6-4-7(5-9)2-3-8(6)10/h2,4H,10H2,1H3. The van der Waals surface area contributed by atoms with Crippen molar-refractivity contribution in [2.45, 2.75) is 6.92 Å². The number of nitrogens with two attached hydrogens (primary N) is 1. The number of nitrogen functional groups attached to an aromatic ring is 1. The minimum Gasteiger partial charge on any atom is -0.398 e. The average molecular weight is 131 g/mol. The monoisotopic (exact) mass is 131 g/mol. The van der Waals surface area contributed by atoms with Gasteiger partial charge in [-0.1, -0.05) is 0 Å². The van der Waals surface area contributed by atoms with Crippen LogP contribution in [0.4, 0.5) is 5.69 Å². The molecule has 49 valence electrons. The summed E-state index contributed by atoms with van der Waals surface area (Å²) in [6, 6.07) is 8.11. The molecule has 1 aromatic rings. The van der Waals surface area contributed by atoms with Crippen molar-refractivity contribution >= 4 is 5.69 Å². The molecule has 0 saturated heterocycles. The molecular weight excluding hydrogens is 124 g/mol. The summed E-state index contributed by atoms with van der Waals surface area (Å²) < 4.78 is 0. The van der Waals surface area contributed by atoms with Crippen molar-refractivity contribution in [1.82, 2.24) is 0 Å². The second-order valence-corrected chi connectivity index (χ2v) is 2.10. The number of hydrogen-bond acceptors (Lipinski definition) is 2. The Hall–Kier alpha value is -1.49. The van der Waals surface area contributed by atoms with E-state index in [4.69, 9.17) is 11.0 Å². The summed E-state index contributed by atoms with van der Waals surface area (Å²) in [5.74, 6) is 0. The fraction of sp³-hybridized carbons (Fsp3) is 0.125. The number of anilines is 1. The van der Waals surface area contributed by atoms with Crippen molar-refractivity contribution < 1.29 is 0 Å². The zero-order valence-corrected chi connectivity index (χ0v) is 5.68. The van der Waals surface area contributed by atoms with Gasteiger partial charge >= 0.3 is 0 Å². The van der Waals surface area contributed by atoms with Crippen LogP contribution in [0.5, 0.6) is 0 Å². The van der Waals surface area contributed by atoms with E-state index in [1.165, 1.54) is 0 Å². The van der Waals surface area contributed by atoms with E-state index in [1.54, 1.807) is 12.1 Å². The first-order chi connectivity index (χ1) is 4.74. The van der Waals surface area contributed by atoms with Gasteiger partial charge in [-0.15, -0.1) is 0 Å². The maximum absolute atomic E-state index is 8.44. The summed E-state index contributed by atoms with van der Waals surface area (Å²) in [7, 11) is 0. The van der Waals surface area contributed by atoms with Crippen LogP contribution in [-0.2, 0) is 0 Å². The molecule has 0 spiro atoms. The molecular formula is C8H7N2. The number of nitrogens with zero attached hydrogens (tertiary/aromatic N) is 1. The molecule has 10 heavy (non-hydrogen) atoms. The molecule has 0 heterocycles. The Balaban J connectivity index is 3.20. The molecule has 0 fully saturated rings. The van der Waals surface area contributed by atoms with Crippen LogP contribution >= 0.6 is 0 Å². The summed E-state index contributed by atoms with van der Waals surface area (Å²) in [5, 5.41) is 8.44. The molecule has 0 aliphatic rings. The van der Waals surface area contributed by atoms with Gasteiger partial charge < -0.3 is 5.73 Å². The van der Waals surface area contributed by atoms with Crippen LogP contribution in [0.15, 0.2) is 12.1 Å². The molecule has 0 aliphatic heterocycles. The van der Waals surface area contributed by atoms with Crippen LogP contribution in [0.3, 0.4) is 0 Å². The molecule has 1 rings (SSSR count). The largest absolute Gasteiger partial charge is 0.398 e. The Kier molecular flexibility index (Phi) is 1.59. The van der Waals surface area contributed by atoms with Crippen LogP contribution in [-0.4, -0.2) is 0 Å². The lowest BCUT2D eigenvalue weighted by atomic mass is 10.1. The third-order valence-electron chi connectivity index (χ3n) is 1.31. The number of nitriles is 1. The molecule has 2 nitrogen and oxygen atoms in total. The van der Waals surface area contributed by atoms with Crippen molar-refractivity contribution in [2.24, 2.45) is 0 Å². The highest BCUT2D eigenvalue weighted by molar-refractivity contribution is 5.49. The molecule has 2 N–H and O–H groups in total. The number of benzene rings is 1. The number of hydrogen-bond donors (Lipinski definition) is 1. The van der Waals surface area contributed by atoms with Crippen molar-refractivity contribution in [3.63, 3.8) is 0 Å². The van der Waals surface area contributed by atoms with Gasteiger partial charge in [0.25, 0.3) is 0 Å². The Bertz CT molecular complexity index is 284. The highest BCUT2D eigenvalue weighted by atomic mass is 14.5. The van der Waals surface area contributed by atoms with Crippen LogP contribution in [0.2, 0.25) is 0 Å². The number of rotatable bonds is 0. The minimum atomic E-state index is 0.603. The second kappa shape index (κ2) is 2.40. The van der Waals surface area contributed by atoms with Gasteiger partial charge in [0.2, 0.25) is 0 Å². The molecule has 0 aliphatic carbocycles. The van der Waals surface area contributed by atoms with Gasteiger partial charge in [-0.25, -0.2) is 0 Å². The lowest BCUT2D eigenvalue weighted by Gasteiger charge is -1.96. The van der Waals surface area contributed by atoms with Crippen molar-refractivity contribution in [3.05, 3.63) is 29.3 Å². The lowest BCUT2D eigenvalue weighted by Crippen LogP contribution is -1.89. The Morgan fingerprint density at radius 3 is 2.90 bits per heavy atom. The van der Waals surface area contributed by atoms with E-state index in [0.717, 1.165) is 5.56 Å². The van der Waals surface area contributed by atoms with Crippen molar-refractivity contribution in [3.8, 4) is 6.07 Å². The van der Waals surface area contributed by atoms with E-state index in [9.17, 15) is 0 Å². The van der Waals surface area contributed by atoms with Crippen LogP contribution < -0.4 is 5.73 Å². The highest BCUT2D eigenvalue weighted by Gasteiger charge is 1.93. The first-order valence-corrected chi connectivity index (χ1v) is 2.92. The van der Waals surface area contributed by atoms with Gasteiger partial charge in [0.15, 0.2) is 0 Å².